The van der Waals surface area contributed by atoms with Gasteiger partial charge in [0.15, 0.2) is 0 Å². The van der Waals surface area contributed by atoms with Crippen molar-refractivity contribution in [2.24, 2.45) is 0 Å². The fourth-order valence-electron chi connectivity index (χ4n) is 1.90. The molecule has 2 aromatic carbocycles. The van der Waals surface area contributed by atoms with Crippen LogP contribution in [-0.2, 0) is 5.54 Å². The van der Waals surface area contributed by atoms with Crippen LogP contribution in [0.25, 0.3) is 0 Å². The Morgan fingerprint density at radius 3 is 2.11 bits per heavy atom. The molecule has 3 heteroatoms. The van der Waals surface area contributed by atoms with Gasteiger partial charge in [-0.3, -0.25) is 4.79 Å². The minimum Gasteiger partial charge on any atom is -0.342 e. The first kappa shape index (κ1) is 13.6. The fraction of sp³-hybridized carbons (Fsp3) is 0.188. The minimum absolute atomic E-state index is 0.118. The van der Waals surface area contributed by atoms with Crippen molar-refractivity contribution >= 4 is 17.5 Å². The number of nitrogens with one attached hydrogen (secondary N) is 1. The molecule has 0 aliphatic rings. The molecule has 0 fully saturated rings. The Bertz CT molecular complexity index is 541. The van der Waals surface area contributed by atoms with Crippen molar-refractivity contribution < 1.29 is 4.79 Å². The summed E-state index contributed by atoms with van der Waals surface area (Å²) >= 11 is 6.06. The number of carbonyl (C=O) groups excluding carboxylic acids is 1. The van der Waals surface area contributed by atoms with Gasteiger partial charge >= 0.3 is 0 Å². The summed E-state index contributed by atoms with van der Waals surface area (Å²) in [4.78, 5) is 12.2. The first-order valence-electron chi connectivity index (χ1n) is 6.15. The van der Waals surface area contributed by atoms with E-state index >= 15 is 0 Å². The second-order valence-corrected chi connectivity index (χ2v) is 4.92. The summed E-state index contributed by atoms with van der Waals surface area (Å²) in [5, 5.41) is 3.00. The molecule has 19 heavy (non-hydrogen) atoms. The average Bonchev–Trinajstić information content (AvgIpc) is 2.49. The van der Waals surface area contributed by atoms with Crippen LogP contribution in [0.5, 0.6) is 0 Å². The van der Waals surface area contributed by atoms with Crippen molar-refractivity contribution in [3.8, 4) is 0 Å². The molecular weight excluding hydrogens is 258 g/mol. The van der Waals surface area contributed by atoms with Crippen LogP contribution < -0.4 is 5.32 Å². The topological polar surface area (TPSA) is 29.1 Å². The van der Waals surface area contributed by atoms with Gasteiger partial charge in [0.05, 0.1) is 5.54 Å². The number of amides is 1. The van der Waals surface area contributed by atoms with Crippen LogP contribution in [0.3, 0.4) is 0 Å². The summed E-state index contributed by atoms with van der Waals surface area (Å²) in [6.45, 7) is 1.93. The van der Waals surface area contributed by atoms with Crippen LogP contribution in [0, 0.1) is 0 Å². The molecule has 1 atom stereocenters. The first-order valence-corrected chi connectivity index (χ1v) is 6.68. The molecule has 0 aliphatic carbocycles. The quantitative estimate of drug-likeness (QED) is 0.848. The van der Waals surface area contributed by atoms with Gasteiger partial charge in [0.1, 0.15) is 0 Å². The Balaban J connectivity index is 2.22. The maximum absolute atomic E-state index is 12.2. The third-order valence-electron chi connectivity index (χ3n) is 3.10. The predicted octanol–water partition coefficient (Wildman–Crippen LogP) is 3.57. The van der Waals surface area contributed by atoms with Gasteiger partial charge in [-0.2, -0.15) is 0 Å². The second kappa shape index (κ2) is 5.89. The summed E-state index contributed by atoms with van der Waals surface area (Å²) in [6.07, 6.45) is 0. The van der Waals surface area contributed by atoms with Crippen molar-refractivity contribution in [2.75, 3.05) is 5.88 Å². The van der Waals surface area contributed by atoms with E-state index < -0.39 is 5.54 Å². The summed E-state index contributed by atoms with van der Waals surface area (Å²) in [5.41, 5.74) is 1.06. The molecular formula is C16H16ClNO. The number of halogens is 1. The molecule has 1 amide bonds. The minimum atomic E-state index is -0.574. The van der Waals surface area contributed by atoms with Crippen LogP contribution in [0.1, 0.15) is 22.8 Å². The lowest BCUT2D eigenvalue weighted by molar-refractivity contribution is 0.0913. The summed E-state index contributed by atoms with van der Waals surface area (Å²) in [5.74, 6) is 0.197. The van der Waals surface area contributed by atoms with Gasteiger partial charge in [-0.25, -0.2) is 0 Å². The highest BCUT2D eigenvalue weighted by atomic mass is 35.5. The van der Waals surface area contributed by atoms with Crippen molar-refractivity contribution in [3.05, 3.63) is 71.8 Å². The normalized spacial score (nSPS) is 13.6. The zero-order chi connectivity index (χ0) is 13.7. The lowest BCUT2D eigenvalue weighted by Gasteiger charge is -2.29. The van der Waals surface area contributed by atoms with E-state index in [1.807, 2.05) is 55.5 Å². The monoisotopic (exact) mass is 273 g/mol. The van der Waals surface area contributed by atoms with E-state index in [1.165, 1.54) is 0 Å². The predicted molar refractivity (Wildman–Crippen MR) is 78.4 cm³/mol. The van der Waals surface area contributed by atoms with E-state index in [1.54, 1.807) is 12.1 Å². The lowest BCUT2D eigenvalue weighted by Crippen LogP contribution is -2.45. The highest BCUT2D eigenvalue weighted by molar-refractivity contribution is 6.19. The Morgan fingerprint density at radius 2 is 1.58 bits per heavy atom. The number of benzene rings is 2. The molecule has 0 saturated carbocycles. The summed E-state index contributed by atoms with van der Waals surface area (Å²) < 4.78 is 0. The van der Waals surface area contributed by atoms with Crippen molar-refractivity contribution in [1.82, 2.24) is 5.32 Å². The highest BCUT2D eigenvalue weighted by Gasteiger charge is 2.27. The van der Waals surface area contributed by atoms with Crippen LogP contribution in [0.2, 0.25) is 0 Å². The molecule has 0 bridgehead atoms. The van der Waals surface area contributed by atoms with Crippen LogP contribution >= 0.6 is 11.6 Å². The van der Waals surface area contributed by atoms with Crippen LogP contribution in [0.4, 0.5) is 0 Å². The Kier molecular flexibility index (Phi) is 4.23. The van der Waals surface area contributed by atoms with E-state index in [-0.39, 0.29) is 5.91 Å². The first-order chi connectivity index (χ1) is 9.15. The number of hydrogen-bond acceptors (Lipinski definition) is 1. The number of rotatable bonds is 4. The standard InChI is InChI=1S/C16H16ClNO/c1-16(12-17,14-10-6-3-7-11-14)18-15(19)13-8-4-2-5-9-13/h2-11H,12H2,1H3,(H,18,19). The number of carbonyl (C=O) groups is 1. The second-order valence-electron chi connectivity index (χ2n) is 4.65. The van der Waals surface area contributed by atoms with Gasteiger partial charge in [-0.15, -0.1) is 11.6 Å². The van der Waals surface area contributed by atoms with Gasteiger partial charge < -0.3 is 5.32 Å². The third-order valence-corrected chi connectivity index (χ3v) is 3.64. The van der Waals surface area contributed by atoms with E-state index in [2.05, 4.69) is 5.32 Å². The maximum Gasteiger partial charge on any atom is 0.252 e. The van der Waals surface area contributed by atoms with Crippen molar-refractivity contribution in [1.29, 1.82) is 0 Å². The highest BCUT2D eigenvalue weighted by Crippen LogP contribution is 2.22. The molecule has 2 nitrogen and oxygen atoms in total. The maximum atomic E-state index is 12.2. The number of hydrogen-bond donors (Lipinski definition) is 1. The van der Waals surface area contributed by atoms with E-state index in [9.17, 15) is 4.79 Å². The smallest absolute Gasteiger partial charge is 0.252 e. The summed E-state index contributed by atoms with van der Waals surface area (Å²) in [7, 11) is 0. The summed E-state index contributed by atoms with van der Waals surface area (Å²) in [6, 6.07) is 18.9. The Morgan fingerprint density at radius 1 is 1.05 bits per heavy atom. The molecule has 1 unspecified atom stereocenters. The lowest BCUT2D eigenvalue weighted by atomic mass is 9.93. The molecule has 0 spiro atoms. The molecule has 0 aromatic heterocycles. The molecule has 2 rings (SSSR count). The molecule has 1 N–H and O–H groups in total. The van der Waals surface area contributed by atoms with Crippen LogP contribution in [0.15, 0.2) is 60.7 Å². The van der Waals surface area contributed by atoms with E-state index in [0.29, 0.717) is 11.4 Å². The molecule has 0 heterocycles. The van der Waals surface area contributed by atoms with Gasteiger partial charge in [0.2, 0.25) is 0 Å². The molecule has 0 radical (unpaired) electrons. The molecule has 0 saturated heterocycles. The largest absolute Gasteiger partial charge is 0.342 e. The van der Waals surface area contributed by atoms with Gasteiger partial charge in [0, 0.05) is 11.4 Å². The molecule has 98 valence electrons. The Hall–Kier alpha value is -1.80. The van der Waals surface area contributed by atoms with Gasteiger partial charge in [-0.1, -0.05) is 48.5 Å². The molecule has 2 aromatic rings. The van der Waals surface area contributed by atoms with Gasteiger partial charge in [-0.05, 0) is 24.6 Å². The van der Waals surface area contributed by atoms with Crippen molar-refractivity contribution in [2.45, 2.75) is 12.5 Å². The van der Waals surface area contributed by atoms with Gasteiger partial charge in [0.25, 0.3) is 5.91 Å². The molecule has 0 aliphatic heterocycles. The zero-order valence-corrected chi connectivity index (χ0v) is 11.5. The van der Waals surface area contributed by atoms with Crippen molar-refractivity contribution in [3.63, 3.8) is 0 Å². The average molecular weight is 274 g/mol. The SMILES string of the molecule is CC(CCl)(NC(=O)c1ccccc1)c1ccccc1. The Labute approximate surface area is 118 Å². The van der Waals surface area contributed by atoms with E-state index in [0.717, 1.165) is 5.56 Å². The van der Waals surface area contributed by atoms with Crippen LogP contribution in [-0.4, -0.2) is 11.8 Å². The number of alkyl halides is 1. The fourth-order valence-corrected chi connectivity index (χ4v) is 2.12. The van der Waals surface area contributed by atoms with E-state index in [4.69, 9.17) is 11.6 Å². The zero-order valence-electron chi connectivity index (χ0n) is 10.8. The third kappa shape index (κ3) is 3.15.